The van der Waals surface area contributed by atoms with Gasteiger partial charge in [-0.1, -0.05) is 11.8 Å². The Morgan fingerprint density at radius 1 is 1.11 bits per heavy atom. The van der Waals surface area contributed by atoms with Crippen molar-refractivity contribution in [2.75, 3.05) is 11.1 Å². The number of rotatable bonds is 6. The standard InChI is InChI=1S/C18H14F3N3O2S/c19-10-3-5-12(6-4-10)22-15(25)2-1-7-27-18-23-16-13(17(26)24-18)8-11(20)9-14(16)21/h3-6,8-9H,1-2,7H2,(H,22,25)(H,23,24,26). The highest BCUT2D eigenvalue weighted by Crippen LogP contribution is 2.19. The second kappa shape index (κ2) is 8.26. The van der Waals surface area contributed by atoms with Crippen molar-refractivity contribution in [1.29, 1.82) is 0 Å². The van der Waals surface area contributed by atoms with Crippen LogP contribution in [0, 0.1) is 17.5 Å². The highest BCUT2D eigenvalue weighted by atomic mass is 32.2. The number of nitrogens with zero attached hydrogens (tertiary/aromatic N) is 1. The first-order chi connectivity index (χ1) is 12.9. The smallest absolute Gasteiger partial charge is 0.259 e. The number of carbonyl (C=O) groups is 1. The summed E-state index contributed by atoms with van der Waals surface area (Å²) in [5.41, 5.74) is -0.330. The van der Waals surface area contributed by atoms with E-state index in [1.54, 1.807) is 0 Å². The molecule has 2 N–H and O–H groups in total. The van der Waals surface area contributed by atoms with E-state index in [2.05, 4.69) is 15.3 Å². The Balaban J connectivity index is 1.55. The molecule has 1 aromatic heterocycles. The molecule has 0 aliphatic rings. The van der Waals surface area contributed by atoms with E-state index in [-0.39, 0.29) is 34.2 Å². The van der Waals surface area contributed by atoms with E-state index < -0.39 is 17.2 Å². The molecule has 140 valence electrons. The minimum Gasteiger partial charge on any atom is -0.326 e. The minimum atomic E-state index is -0.906. The first-order valence-electron chi connectivity index (χ1n) is 7.99. The van der Waals surface area contributed by atoms with Gasteiger partial charge in [0.25, 0.3) is 5.56 Å². The Bertz CT molecular complexity index is 1040. The largest absolute Gasteiger partial charge is 0.326 e. The van der Waals surface area contributed by atoms with Crippen LogP contribution in [0.4, 0.5) is 18.9 Å². The number of thioether (sulfide) groups is 1. The quantitative estimate of drug-likeness (QED) is 0.379. The van der Waals surface area contributed by atoms with E-state index in [0.29, 0.717) is 23.9 Å². The van der Waals surface area contributed by atoms with Crippen LogP contribution >= 0.6 is 11.8 Å². The molecule has 3 aromatic rings. The highest BCUT2D eigenvalue weighted by molar-refractivity contribution is 7.99. The van der Waals surface area contributed by atoms with E-state index >= 15 is 0 Å². The van der Waals surface area contributed by atoms with E-state index in [1.165, 1.54) is 24.3 Å². The van der Waals surface area contributed by atoms with Crippen molar-refractivity contribution in [3.05, 3.63) is 64.2 Å². The topological polar surface area (TPSA) is 74.8 Å². The zero-order chi connectivity index (χ0) is 19.4. The summed E-state index contributed by atoms with van der Waals surface area (Å²) in [5, 5.41) is 2.68. The van der Waals surface area contributed by atoms with Crippen molar-refractivity contribution in [2.45, 2.75) is 18.0 Å². The number of halogens is 3. The SMILES string of the molecule is O=C(CCCSc1nc2c(F)cc(F)cc2c(=O)[nH]1)Nc1ccc(F)cc1. The molecule has 0 saturated heterocycles. The van der Waals surface area contributed by atoms with Crippen molar-refractivity contribution >= 4 is 34.3 Å². The van der Waals surface area contributed by atoms with Gasteiger partial charge in [-0.05, 0) is 36.8 Å². The maximum Gasteiger partial charge on any atom is 0.259 e. The van der Waals surface area contributed by atoms with Crippen molar-refractivity contribution in [2.24, 2.45) is 0 Å². The van der Waals surface area contributed by atoms with Crippen LogP contribution in [0.3, 0.4) is 0 Å². The van der Waals surface area contributed by atoms with E-state index in [1.807, 2.05) is 0 Å². The lowest BCUT2D eigenvalue weighted by Gasteiger charge is -2.06. The fourth-order valence-electron chi connectivity index (χ4n) is 2.37. The second-order valence-corrected chi connectivity index (χ2v) is 6.75. The Hall–Kier alpha value is -2.81. The van der Waals surface area contributed by atoms with Crippen LogP contribution in [0.5, 0.6) is 0 Å². The molecule has 0 aliphatic heterocycles. The van der Waals surface area contributed by atoms with Gasteiger partial charge in [0.2, 0.25) is 5.91 Å². The average Bonchev–Trinajstić information content (AvgIpc) is 2.62. The number of aromatic amines is 1. The van der Waals surface area contributed by atoms with Crippen LogP contribution in [0.25, 0.3) is 10.9 Å². The Morgan fingerprint density at radius 2 is 1.85 bits per heavy atom. The molecule has 0 saturated carbocycles. The number of amides is 1. The van der Waals surface area contributed by atoms with Gasteiger partial charge in [-0.2, -0.15) is 0 Å². The number of fused-ring (bicyclic) bond motifs is 1. The summed E-state index contributed by atoms with van der Waals surface area (Å²) in [6.07, 6.45) is 0.688. The van der Waals surface area contributed by atoms with Gasteiger partial charge in [0.15, 0.2) is 11.0 Å². The Kier molecular flexibility index (Phi) is 5.80. The first kappa shape index (κ1) is 19.0. The van der Waals surface area contributed by atoms with E-state index in [4.69, 9.17) is 0 Å². The molecule has 2 aromatic carbocycles. The number of anilines is 1. The fraction of sp³-hybridized carbons (Fsp3) is 0.167. The molecule has 0 spiro atoms. The molecule has 1 amide bonds. The normalized spacial score (nSPS) is 10.9. The van der Waals surface area contributed by atoms with Gasteiger partial charge < -0.3 is 10.3 Å². The van der Waals surface area contributed by atoms with Crippen LogP contribution in [0.15, 0.2) is 46.3 Å². The molecular formula is C18H14F3N3O2S. The second-order valence-electron chi connectivity index (χ2n) is 5.66. The van der Waals surface area contributed by atoms with Gasteiger partial charge in [-0.15, -0.1) is 0 Å². The van der Waals surface area contributed by atoms with Crippen molar-refractivity contribution in [1.82, 2.24) is 9.97 Å². The molecule has 0 atom stereocenters. The van der Waals surface area contributed by atoms with Gasteiger partial charge >= 0.3 is 0 Å². The molecule has 0 unspecified atom stereocenters. The zero-order valence-corrected chi connectivity index (χ0v) is 14.7. The molecule has 27 heavy (non-hydrogen) atoms. The zero-order valence-electron chi connectivity index (χ0n) is 13.9. The Labute approximate surface area is 156 Å². The number of nitrogens with one attached hydrogen (secondary N) is 2. The van der Waals surface area contributed by atoms with Crippen molar-refractivity contribution < 1.29 is 18.0 Å². The van der Waals surface area contributed by atoms with Crippen molar-refractivity contribution in [3.8, 4) is 0 Å². The van der Waals surface area contributed by atoms with Crippen LogP contribution in [-0.4, -0.2) is 21.6 Å². The number of aromatic nitrogens is 2. The summed E-state index contributed by atoms with van der Waals surface area (Å²) in [6, 6.07) is 7.02. The minimum absolute atomic E-state index is 0.157. The van der Waals surface area contributed by atoms with Gasteiger partial charge in [0.1, 0.15) is 17.2 Å². The first-order valence-corrected chi connectivity index (χ1v) is 8.98. The maximum atomic E-state index is 13.8. The molecular weight excluding hydrogens is 379 g/mol. The molecule has 0 aliphatic carbocycles. The molecule has 0 bridgehead atoms. The van der Waals surface area contributed by atoms with Gasteiger partial charge in [0, 0.05) is 23.9 Å². The molecule has 3 rings (SSSR count). The monoisotopic (exact) mass is 393 g/mol. The van der Waals surface area contributed by atoms with Gasteiger partial charge in [-0.3, -0.25) is 9.59 Å². The Morgan fingerprint density at radius 3 is 2.59 bits per heavy atom. The van der Waals surface area contributed by atoms with Crippen molar-refractivity contribution in [3.63, 3.8) is 0 Å². The maximum absolute atomic E-state index is 13.8. The highest BCUT2D eigenvalue weighted by Gasteiger charge is 2.11. The summed E-state index contributed by atoms with van der Waals surface area (Å²) in [5.74, 6) is -1.92. The average molecular weight is 393 g/mol. The van der Waals surface area contributed by atoms with Crippen LogP contribution < -0.4 is 10.9 Å². The number of benzene rings is 2. The van der Waals surface area contributed by atoms with Crippen LogP contribution in [-0.2, 0) is 4.79 Å². The predicted molar refractivity (Wildman–Crippen MR) is 97.3 cm³/mol. The van der Waals surface area contributed by atoms with Crippen LogP contribution in [0.1, 0.15) is 12.8 Å². The lowest BCUT2D eigenvalue weighted by atomic mass is 10.2. The summed E-state index contributed by atoms with van der Waals surface area (Å²) in [7, 11) is 0. The number of carbonyl (C=O) groups excluding carboxylic acids is 1. The van der Waals surface area contributed by atoms with E-state index in [0.717, 1.165) is 17.8 Å². The number of hydrogen-bond acceptors (Lipinski definition) is 4. The number of H-pyrrole nitrogens is 1. The third-order valence-electron chi connectivity index (χ3n) is 3.62. The summed E-state index contributed by atoms with van der Waals surface area (Å²) < 4.78 is 39.8. The summed E-state index contributed by atoms with van der Waals surface area (Å²) in [4.78, 5) is 30.2. The lowest BCUT2D eigenvalue weighted by molar-refractivity contribution is -0.116. The lowest BCUT2D eigenvalue weighted by Crippen LogP contribution is -2.12. The molecule has 9 heteroatoms. The third kappa shape index (κ3) is 4.88. The number of hydrogen-bond donors (Lipinski definition) is 2. The summed E-state index contributed by atoms with van der Waals surface area (Å²) >= 11 is 1.16. The third-order valence-corrected chi connectivity index (χ3v) is 4.58. The van der Waals surface area contributed by atoms with Crippen LogP contribution in [0.2, 0.25) is 0 Å². The molecule has 1 heterocycles. The molecule has 0 fully saturated rings. The van der Waals surface area contributed by atoms with Gasteiger partial charge in [0.05, 0.1) is 5.39 Å². The molecule has 5 nitrogen and oxygen atoms in total. The summed E-state index contributed by atoms with van der Waals surface area (Å²) in [6.45, 7) is 0. The van der Waals surface area contributed by atoms with E-state index in [9.17, 15) is 22.8 Å². The fourth-order valence-corrected chi connectivity index (χ4v) is 3.18. The predicted octanol–water partition coefficient (Wildman–Crippen LogP) is 3.85. The molecule has 0 radical (unpaired) electrons. The van der Waals surface area contributed by atoms with Gasteiger partial charge in [-0.25, -0.2) is 18.2 Å².